The quantitative estimate of drug-likeness (QED) is 0.514. The maximum Gasteiger partial charge on any atom is 0.574 e. The summed E-state index contributed by atoms with van der Waals surface area (Å²) in [7, 11) is 0. The van der Waals surface area contributed by atoms with Crippen LogP contribution in [0.2, 0.25) is 0 Å². The molecule has 3 aromatic heterocycles. The molecule has 0 saturated carbocycles. The van der Waals surface area contributed by atoms with E-state index < -0.39 is 29.5 Å². The number of pyridine rings is 2. The molecule has 0 radical (unpaired) electrons. The van der Waals surface area contributed by atoms with E-state index in [0.717, 1.165) is 41.5 Å². The topological polar surface area (TPSA) is 93.1 Å². The number of aromatic nitrogens is 4. The van der Waals surface area contributed by atoms with Crippen LogP contribution in [0.4, 0.5) is 23.4 Å². The van der Waals surface area contributed by atoms with Gasteiger partial charge in [-0.05, 0) is 50.8 Å². The van der Waals surface area contributed by atoms with Crippen LogP contribution in [0.25, 0.3) is 11.4 Å². The van der Waals surface area contributed by atoms with Gasteiger partial charge in [-0.3, -0.25) is 4.79 Å². The Hall–Kier alpha value is -3.83. The molecule has 1 spiro atoms. The van der Waals surface area contributed by atoms with Gasteiger partial charge in [0.15, 0.2) is 5.82 Å². The molecule has 2 atom stereocenters. The van der Waals surface area contributed by atoms with E-state index in [1.54, 1.807) is 23.4 Å². The van der Waals surface area contributed by atoms with Crippen molar-refractivity contribution >= 4 is 11.7 Å². The molecule has 2 aliphatic rings. The first-order chi connectivity index (χ1) is 17.5. The lowest BCUT2D eigenvalue weighted by atomic mass is 9.86. The summed E-state index contributed by atoms with van der Waals surface area (Å²) in [6.45, 7) is 4.16. The van der Waals surface area contributed by atoms with Crippen molar-refractivity contribution in [2.45, 2.75) is 50.9 Å². The molecular weight excluding hydrogens is 492 g/mol. The molecule has 3 aromatic rings. The number of anilines is 1. The van der Waals surface area contributed by atoms with Crippen molar-refractivity contribution in [1.82, 2.24) is 24.8 Å². The van der Waals surface area contributed by atoms with Gasteiger partial charge in [0.05, 0.1) is 23.3 Å². The molecule has 0 aromatic carbocycles. The minimum absolute atomic E-state index is 0.199. The maximum atomic E-state index is 14.4. The SMILES string of the molecule is Cc1nc2c(cc1-c1ncccn1)CC[C@@]1(CCN(C(=O)C(C)c3cc(OC(F)(F)F)ncc3F)C1)N2. The Morgan fingerprint density at radius 1 is 1.19 bits per heavy atom. The highest BCUT2D eigenvalue weighted by Crippen LogP contribution is 2.39. The monoisotopic (exact) mass is 516 g/mol. The van der Waals surface area contributed by atoms with Gasteiger partial charge < -0.3 is 15.0 Å². The summed E-state index contributed by atoms with van der Waals surface area (Å²) in [5, 5.41) is 3.53. The van der Waals surface area contributed by atoms with Gasteiger partial charge in [-0.2, -0.15) is 0 Å². The first kappa shape index (κ1) is 24.8. The first-order valence-electron chi connectivity index (χ1n) is 11.8. The zero-order valence-electron chi connectivity index (χ0n) is 20.1. The summed E-state index contributed by atoms with van der Waals surface area (Å²) in [5.74, 6) is -1.72. The van der Waals surface area contributed by atoms with Gasteiger partial charge in [0.1, 0.15) is 11.6 Å². The van der Waals surface area contributed by atoms with E-state index in [0.29, 0.717) is 31.5 Å². The van der Waals surface area contributed by atoms with Gasteiger partial charge in [-0.1, -0.05) is 0 Å². The van der Waals surface area contributed by atoms with Gasteiger partial charge in [0, 0.05) is 42.7 Å². The second kappa shape index (κ2) is 9.24. The molecule has 194 valence electrons. The summed E-state index contributed by atoms with van der Waals surface area (Å²) in [6.07, 6.45) is 1.18. The fourth-order valence-electron chi connectivity index (χ4n) is 5.01. The average molecular weight is 516 g/mol. The average Bonchev–Trinajstić information content (AvgIpc) is 3.26. The number of likely N-dealkylation sites (tertiary alicyclic amines) is 1. The van der Waals surface area contributed by atoms with E-state index in [1.807, 2.05) is 13.0 Å². The third-order valence-corrected chi connectivity index (χ3v) is 6.94. The number of nitrogens with one attached hydrogen (secondary N) is 1. The molecule has 5 heterocycles. The van der Waals surface area contributed by atoms with E-state index >= 15 is 0 Å². The Morgan fingerprint density at radius 3 is 2.68 bits per heavy atom. The van der Waals surface area contributed by atoms with Crippen molar-refractivity contribution in [3.63, 3.8) is 0 Å². The number of alkyl halides is 3. The molecule has 5 rings (SSSR count). The van der Waals surface area contributed by atoms with Crippen LogP contribution in [0, 0.1) is 12.7 Å². The lowest BCUT2D eigenvalue weighted by molar-refractivity contribution is -0.276. The molecule has 37 heavy (non-hydrogen) atoms. The van der Waals surface area contributed by atoms with E-state index in [4.69, 9.17) is 4.98 Å². The molecule has 1 amide bonds. The van der Waals surface area contributed by atoms with Gasteiger partial charge in [-0.25, -0.2) is 24.3 Å². The normalized spacial score (nSPS) is 19.9. The number of aryl methyl sites for hydroxylation is 2. The Morgan fingerprint density at radius 2 is 1.95 bits per heavy atom. The third-order valence-electron chi connectivity index (χ3n) is 6.94. The van der Waals surface area contributed by atoms with E-state index in [2.05, 4.69) is 25.0 Å². The predicted octanol–water partition coefficient (Wildman–Crippen LogP) is 4.41. The zero-order valence-corrected chi connectivity index (χ0v) is 20.1. The van der Waals surface area contributed by atoms with E-state index in [1.165, 1.54) is 6.92 Å². The van der Waals surface area contributed by atoms with Gasteiger partial charge in [0.2, 0.25) is 11.8 Å². The van der Waals surface area contributed by atoms with Gasteiger partial charge in [-0.15, -0.1) is 13.2 Å². The van der Waals surface area contributed by atoms with E-state index in [9.17, 15) is 22.4 Å². The number of hydrogen-bond donors (Lipinski definition) is 1. The smallest absolute Gasteiger partial charge is 0.388 e. The van der Waals surface area contributed by atoms with Gasteiger partial charge in [0.25, 0.3) is 0 Å². The number of ether oxygens (including phenoxy) is 1. The molecule has 1 fully saturated rings. The summed E-state index contributed by atoms with van der Waals surface area (Å²) >= 11 is 0. The molecule has 1 unspecified atom stereocenters. The number of halogens is 4. The highest BCUT2D eigenvalue weighted by molar-refractivity contribution is 5.84. The van der Waals surface area contributed by atoms with Crippen LogP contribution in [0.15, 0.2) is 36.8 Å². The molecule has 0 bridgehead atoms. The summed E-state index contributed by atoms with van der Waals surface area (Å²) < 4.78 is 55.9. The molecule has 0 aliphatic carbocycles. The van der Waals surface area contributed by atoms with Crippen molar-refractivity contribution in [1.29, 1.82) is 0 Å². The number of nitrogens with zero attached hydrogens (tertiary/aromatic N) is 5. The summed E-state index contributed by atoms with van der Waals surface area (Å²) in [6, 6.07) is 4.62. The van der Waals surface area contributed by atoms with Crippen molar-refractivity contribution in [2.75, 3.05) is 18.4 Å². The Kier molecular flexibility index (Phi) is 6.20. The second-order valence-electron chi connectivity index (χ2n) is 9.43. The largest absolute Gasteiger partial charge is 0.574 e. The highest BCUT2D eigenvalue weighted by Gasteiger charge is 2.43. The number of amides is 1. The molecule has 2 aliphatic heterocycles. The van der Waals surface area contributed by atoms with Crippen LogP contribution in [-0.4, -0.2) is 55.7 Å². The maximum absolute atomic E-state index is 14.4. The number of rotatable bonds is 4. The molecule has 8 nitrogen and oxygen atoms in total. The van der Waals surface area contributed by atoms with Crippen LogP contribution in [-0.2, 0) is 11.2 Å². The minimum Gasteiger partial charge on any atom is -0.388 e. The van der Waals surface area contributed by atoms with Crippen molar-refractivity contribution < 1.29 is 27.1 Å². The number of carbonyl (C=O) groups is 1. The summed E-state index contributed by atoms with van der Waals surface area (Å²) in [5.41, 5.74) is 2.08. The molecule has 1 saturated heterocycles. The van der Waals surface area contributed by atoms with Crippen molar-refractivity contribution in [2.24, 2.45) is 0 Å². The lowest BCUT2D eigenvalue weighted by Crippen LogP contribution is -2.46. The van der Waals surface area contributed by atoms with Crippen LogP contribution < -0.4 is 10.1 Å². The van der Waals surface area contributed by atoms with Crippen LogP contribution in [0.3, 0.4) is 0 Å². The number of fused-ring (bicyclic) bond motifs is 1. The van der Waals surface area contributed by atoms with E-state index in [-0.39, 0.29) is 11.5 Å². The lowest BCUT2D eigenvalue weighted by Gasteiger charge is -2.36. The molecular formula is C25H24F4N6O2. The Labute approximate surface area is 210 Å². The highest BCUT2D eigenvalue weighted by atomic mass is 19.4. The molecule has 1 N–H and O–H groups in total. The fraction of sp³-hybridized carbons (Fsp3) is 0.400. The minimum atomic E-state index is -4.97. The van der Waals surface area contributed by atoms with Crippen LogP contribution in [0.1, 0.15) is 42.5 Å². The standard InChI is InChI=1S/C25H24F4N6O2/c1-14(17-11-20(32-12-19(17)26)37-25(27,28)29)23(36)35-9-6-24(13-35)5-4-16-10-18(15(2)33-21(16)34-24)22-30-7-3-8-31-22/h3,7-8,10-12,14H,4-6,9,13H2,1-2H3,(H,33,34)/t14?,24-/m0/s1. The number of hydrogen-bond acceptors (Lipinski definition) is 7. The molecule has 12 heteroatoms. The van der Waals surface area contributed by atoms with Crippen LogP contribution in [0.5, 0.6) is 5.88 Å². The third kappa shape index (κ3) is 5.05. The van der Waals surface area contributed by atoms with Crippen LogP contribution >= 0.6 is 0 Å². The van der Waals surface area contributed by atoms with Crippen molar-refractivity contribution in [3.05, 3.63) is 59.4 Å². The fourth-order valence-corrected chi connectivity index (χ4v) is 5.01. The predicted molar refractivity (Wildman–Crippen MR) is 125 cm³/mol. The summed E-state index contributed by atoms with van der Waals surface area (Å²) in [4.78, 5) is 31.6. The first-order valence-corrected chi connectivity index (χ1v) is 11.8. The zero-order chi connectivity index (χ0) is 26.4. The second-order valence-corrected chi connectivity index (χ2v) is 9.43. The van der Waals surface area contributed by atoms with Gasteiger partial charge >= 0.3 is 6.36 Å². The Balaban J connectivity index is 1.31. The number of carbonyl (C=O) groups excluding carboxylic acids is 1. The Bertz CT molecular complexity index is 1340. The van der Waals surface area contributed by atoms with Crippen molar-refractivity contribution in [3.8, 4) is 17.3 Å².